The fourth-order valence-corrected chi connectivity index (χ4v) is 3.21. The van der Waals surface area contributed by atoms with E-state index in [1.54, 1.807) is 55.3 Å². The Balaban J connectivity index is 1.56. The molecule has 1 amide bonds. The molecule has 0 N–H and O–H groups in total. The number of hydrogen-bond donors (Lipinski definition) is 0. The number of ether oxygens (including phenoxy) is 3. The summed E-state index contributed by atoms with van der Waals surface area (Å²) in [5.41, 5.74) is 1.01. The van der Waals surface area contributed by atoms with Gasteiger partial charge in [0.05, 0.1) is 12.7 Å². The first-order valence-corrected chi connectivity index (χ1v) is 9.66. The van der Waals surface area contributed by atoms with Crippen LogP contribution in [-0.2, 0) is 9.53 Å². The molecule has 2 aromatic carbocycles. The Morgan fingerprint density at radius 1 is 1.10 bits per heavy atom. The number of nitrogens with zero attached hydrogens (tertiary/aromatic N) is 3. The van der Waals surface area contributed by atoms with Gasteiger partial charge >= 0.3 is 5.97 Å². The summed E-state index contributed by atoms with van der Waals surface area (Å²) in [7, 11) is 3.02. The number of likely N-dealkylation sites (tertiary alicyclic amines) is 1. The molecule has 0 spiro atoms. The van der Waals surface area contributed by atoms with E-state index in [0.717, 1.165) is 5.56 Å². The van der Waals surface area contributed by atoms with Gasteiger partial charge in [-0.2, -0.15) is 0 Å². The fourth-order valence-electron chi connectivity index (χ4n) is 3.21. The van der Waals surface area contributed by atoms with Crippen molar-refractivity contribution in [3.63, 3.8) is 0 Å². The van der Waals surface area contributed by atoms with Crippen LogP contribution in [0.4, 0.5) is 0 Å². The summed E-state index contributed by atoms with van der Waals surface area (Å²) in [4.78, 5) is 25.9. The summed E-state index contributed by atoms with van der Waals surface area (Å²) in [5.74, 6) is 1.52. The molecule has 1 fully saturated rings. The molecule has 160 valence electrons. The molecule has 9 heteroatoms. The molecule has 4 rings (SSSR count). The van der Waals surface area contributed by atoms with Gasteiger partial charge in [-0.15, -0.1) is 10.2 Å². The number of carbonyl (C=O) groups is 2. The van der Waals surface area contributed by atoms with Gasteiger partial charge in [-0.1, -0.05) is 0 Å². The van der Waals surface area contributed by atoms with Crippen molar-refractivity contribution in [1.29, 1.82) is 0 Å². The summed E-state index contributed by atoms with van der Waals surface area (Å²) < 4.78 is 22.0. The average Bonchev–Trinajstić information content (AvgIpc) is 3.34. The van der Waals surface area contributed by atoms with E-state index in [0.29, 0.717) is 42.0 Å². The summed E-state index contributed by atoms with van der Waals surface area (Å²) >= 11 is 0. The van der Waals surface area contributed by atoms with Crippen molar-refractivity contribution in [2.24, 2.45) is 0 Å². The molecule has 0 radical (unpaired) electrons. The van der Waals surface area contributed by atoms with Gasteiger partial charge in [0.1, 0.15) is 17.2 Å². The highest BCUT2D eigenvalue weighted by molar-refractivity contribution is 5.90. The molecule has 2 heterocycles. The van der Waals surface area contributed by atoms with Crippen molar-refractivity contribution in [3.8, 4) is 28.7 Å². The minimum atomic E-state index is -0.595. The highest BCUT2D eigenvalue weighted by atomic mass is 16.5. The van der Waals surface area contributed by atoms with E-state index in [2.05, 4.69) is 10.2 Å². The van der Waals surface area contributed by atoms with Crippen LogP contribution in [-0.4, -0.2) is 53.8 Å². The van der Waals surface area contributed by atoms with Crippen LogP contribution in [0.2, 0.25) is 0 Å². The van der Waals surface area contributed by atoms with Gasteiger partial charge in [0.15, 0.2) is 6.10 Å². The predicted molar refractivity (Wildman–Crippen MR) is 109 cm³/mol. The molecule has 1 aromatic heterocycles. The summed E-state index contributed by atoms with van der Waals surface area (Å²) in [5, 5.41) is 7.80. The van der Waals surface area contributed by atoms with Crippen LogP contribution < -0.4 is 9.47 Å². The number of aromatic nitrogens is 2. The molecule has 0 aliphatic carbocycles. The first-order chi connectivity index (χ1) is 14.9. The highest BCUT2D eigenvalue weighted by Gasteiger charge is 2.31. The maximum atomic E-state index is 12.2. The Bertz CT molecular complexity index is 1110. The standard InChI is InChI=1S/C22H21N3O6/c1-13-23-24-20(29-13)14-4-6-16(7-5-14)30-17-10-15(22(27)28-3)11-18(12-17)31-19-8-9-25(2)21(19)26/h4-7,10-12,19H,8-9H2,1-3H3/t19-/m1/s1. The van der Waals surface area contributed by atoms with Gasteiger partial charge in [0.25, 0.3) is 5.91 Å². The number of likely N-dealkylation sites (N-methyl/N-ethyl adjacent to an activating group) is 1. The molecular formula is C22H21N3O6. The maximum absolute atomic E-state index is 12.2. The van der Waals surface area contributed by atoms with Crippen LogP contribution in [0.25, 0.3) is 11.5 Å². The van der Waals surface area contributed by atoms with Crippen LogP contribution in [0.3, 0.4) is 0 Å². The molecule has 1 aliphatic heterocycles. The molecular weight excluding hydrogens is 402 g/mol. The quantitative estimate of drug-likeness (QED) is 0.557. The van der Waals surface area contributed by atoms with Gasteiger partial charge in [0, 0.05) is 38.6 Å². The Kier molecular flexibility index (Phi) is 5.57. The lowest BCUT2D eigenvalue weighted by Gasteiger charge is -2.15. The zero-order valence-electron chi connectivity index (χ0n) is 17.3. The number of aryl methyl sites for hydroxylation is 1. The second-order valence-electron chi connectivity index (χ2n) is 7.09. The second kappa shape index (κ2) is 8.47. The van der Waals surface area contributed by atoms with Gasteiger partial charge in [-0.05, 0) is 36.4 Å². The molecule has 1 saturated heterocycles. The van der Waals surface area contributed by atoms with Crippen molar-refractivity contribution in [3.05, 3.63) is 53.9 Å². The smallest absolute Gasteiger partial charge is 0.338 e. The van der Waals surface area contributed by atoms with E-state index in [1.807, 2.05) is 0 Å². The van der Waals surface area contributed by atoms with Gasteiger partial charge < -0.3 is 23.5 Å². The van der Waals surface area contributed by atoms with E-state index in [-0.39, 0.29) is 11.5 Å². The minimum absolute atomic E-state index is 0.0993. The molecule has 3 aromatic rings. The number of rotatable bonds is 6. The van der Waals surface area contributed by atoms with Gasteiger partial charge in [-0.25, -0.2) is 4.79 Å². The average molecular weight is 423 g/mol. The number of benzene rings is 2. The van der Waals surface area contributed by atoms with Crippen molar-refractivity contribution in [2.75, 3.05) is 20.7 Å². The molecule has 0 saturated carbocycles. The molecule has 1 aliphatic rings. The van der Waals surface area contributed by atoms with Crippen molar-refractivity contribution in [2.45, 2.75) is 19.4 Å². The lowest BCUT2D eigenvalue weighted by atomic mass is 10.2. The molecule has 1 atom stereocenters. The summed E-state index contributed by atoms with van der Waals surface area (Å²) in [6, 6.07) is 11.8. The number of carbonyl (C=O) groups excluding carboxylic acids is 2. The largest absolute Gasteiger partial charge is 0.480 e. The Hall–Kier alpha value is -3.88. The van der Waals surface area contributed by atoms with Gasteiger partial charge in [0.2, 0.25) is 11.8 Å². The monoisotopic (exact) mass is 423 g/mol. The topological polar surface area (TPSA) is 104 Å². The maximum Gasteiger partial charge on any atom is 0.338 e. The number of esters is 1. The molecule has 0 unspecified atom stereocenters. The lowest BCUT2D eigenvalue weighted by molar-refractivity contribution is -0.132. The first kappa shape index (κ1) is 20.4. The van der Waals surface area contributed by atoms with Crippen molar-refractivity contribution < 1.29 is 28.2 Å². The predicted octanol–water partition coefficient (Wildman–Crippen LogP) is 3.23. The van der Waals surface area contributed by atoms with Crippen molar-refractivity contribution in [1.82, 2.24) is 15.1 Å². The molecule has 9 nitrogen and oxygen atoms in total. The number of amides is 1. The number of hydrogen-bond acceptors (Lipinski definition) is 8. The van der Waals surface area contributed by atoms with E-state index in [1.165, 1.54) is 13.2 Å². The van der Waals surface area contributed by atoms with E-state index in [9.17, 15) is 9.59 Å². The zero-order valence-corrected chi connectivity index (χ0v) is 17.3. The van der Waals surface area contributed by atoms with Crippen LogP contribution in [0.5, 0.6) is 17.2 Å². The zero-order chi connectivity index (χ0) is 22.0. The minimum Gasteiger partial charge on any atom is -0.480 e. The third kappa shape index (κ3) is 4.50. The van der Waals surface area contributed by atoms with E-state index >= 15 is 0 Å². The highest BCUT2D eigenvalue weighted by Crippen LogP contribution is 2.30. The molecule has 0 bridgehead atoms. The third-order valence-corrected chi connectivity index (χ3v) is 4.82. The normalized spacial score (nSPS) is 15.8. The second-order valence-corrected chi connectivity index (χ2v) is 7.09. The summed E-state index contributed by atoms with van der Waals surface area (Å²) in [6.45, 7) is 2.34. The van der Waals surface area contributed by atoms with Crippen LogP contribution >= 0.6 is 0 Å². The van der Waals surface area contributed by atoms with Crippen LogP contribution in [0.15, 0.2) is 46.9 Å². The first-order valence-electron chi connectivity index (χ1n) is 9.66. The SMILES string of the molecule is COC(=O)c1cc(Oc2ccc(-c3nnc(C)o3)cc2)cc(O[C@@H]2CCN(C)C2=O)c1. The number of methoxy groups -OCH3 is 1. The van der Waals surface area contributed by atoms with E-state index < -0.39 is 12.1 Å². The van der Waals surface area contributed by atoms with Crippen molar-refractivity contribution >= 4 is 11.9 Å². The Morgan fingerprint density at radius 3 is 2.45 bits per heavy atom. The Labute approximate surface area is 178 Å². The summed E-state index contributed by atoms with van der Waals surface area (Å²) in [6.07, 6.45) is -0.0206. The van der Waals surface area contributed by atoms with E-state index in [4.69, 9.17) is 18.6 Å². The van der Waals surface area contributed by atoms with Crippen LogP contribution in [0.1, 0.15) is 22.7 Å². The fraction of sp³-hybridized carbons (Fsp3) is 0.273. The van der Waals surface area contributed by atoms with Gasteiger partial charge in [-0.3, -0.25) is 4.79 Å². The lowest BCUT2D eigenvalue weighted by Crippen LogP contribution is -2.29. The molecule has 31 heavy (non-hydrogen) atoms. The Morgan fingerprint density at radius 2 is 1.84 bits per heavy atom. The third-order valence-electron chi connectivity index (χ3n) is 4.82. The van der Waals surface area contributed by atoms with Crippen LogP contribution in [0, 0.1) is 6.92 Å².